The third-order valence-electron chi connectivity index (χ3n) is 4.44. The van der Waals surface area contributed by atoms with Gasteiger partial charge < -0.3 is 24.4 Å². The molecule has 0 saturated heterocycles. The van der Waals surface area contributed by atoms with Crippen LogP contribution in [0.1, 0.15) is 15.9 Å². The highest BCUT2D eigenvalue weighted by atomic mass is 16.6. The van der Waals surface area contributed by atoms with Gasteiger partial charge in [-0.2, -0.15) is 0 Å². The second-order valence-electron chi connectivity index (χ2n) is 6.67. The van der Waals surface area contributed by atoms with E-state index in [1.165, 1.54) is 31.3 Å². The fourth-order valence-electron chi connectivity index (χ4n) is 2.74. The number of ether oxygens (including phenoxy) is 3. The minimum absolute atomic E-state index is 0.127. The van der Waals surface area contributed by atoms with Gasteiger partial charge in [-0.15, -0.1) is 0 Å². The van der Waals surface area contributed by atoms with Gasteiger partial charge in [0.1, 0.15) is 5.75 Å². The quantitative estimate of drug-likeness (QED) is 0.451. The van der Waals surface area contributed by atoms with E-state index in [0.717, 1.165) is 0 Å². The van der Waals surface area contributed by atoms with Crippen LogP contribution in [0.5, 0.6) is 17.2 Å². The first kappa shape index (κ1) is 23.5. The molecule has 1 N–H and O–H groups in total. The fraction of sp³-hybridized carbons (Fsp3) is 0.333. The van der Waals surface area contributed by atoms with Crippen molar-refractivity contribution in [2.45, 2.75) is 6.42 Å². The summed E-state index contributed by atoms with van der Waals surface area (Å²) in [6.45, 7) is -0.0603. The highest BCUT2D eigenvalue weighted by molar-refractivity contribution is 5.97. The number of hydrogen-bond donors (Lipinski definition) is 1. The standard InChI is InChI=1S/C21H25N3O7/c1-23(2)20(25)13-31-17-8-6-5-7-15(17)21(26)22-10-9-14-11-18(29-3)19(30-4)12-16(14)24(27)28/h5-8,11-12H,9-10,13H2,1-4H3,(H,22,26). The van der Waals surface area contributed by atoms with Gasteiger partial charge in [0.05, 0.1) is 30.8 Å². The number of rotatable bonds is 10. The number of nitrogens with zero attached hydrogens (tertiary/aromatic N) is 2. The lowest BCUT2D eigenvalue weighted by molar-refractivity contribution is -0.385. The number of carbonyl (C=O) groups excluding carboxylic acids is 2. The monoisotopic (exact) mass is 431 g/mol. The van der Waals surface area contributed by atoms with Crippen molar-refractivity contribution in [1.82, 2.24) is 10.2 Å². The predicted molar refractivity (Wildman–Crippen MR) is 113 cm³/mol. The Bertz CT molecular complexity index is 960. The van der Waals surface area contributed by atoms with Crippen LogP contribution in [0.2, 0.25) is 0 Å². The van der Waals surface area contributed by atoms with Crippen molar-refractivity contribution < 1.29 is 28.7 Å². The van der Waals surface area contributed by atoms with Gasteiger partial charge in [-0.05, 0) is 24.6 Å². The smallest absolute Gasteiger partial charge is 0.276 e. The number of benzene rings is 2. The lowest BCUT2D eigenvalue weighted by atomic mass is 10.1. The molecular formula is C21H25N3O7. The maximum absolute atomic E-state index is 12.6. The van der Waals surface area contributed by atoms with Crippen molar-refractivity contribution in [3.63, 3.8) is 0 Å². The molecule has 0 aliphatic rings. The molecule has 0 aliphatic carbocycles. The molecule has 2 aromatic rings. The molecule has 2 aromatic carbocycles. The molecule has 0 atom stereocenters. The Morgan fingerprint density at radius 1 is 1.06 bits per heavy atom. The second kappa shape index (κ2) is 10.8. The Labute approximate surface area is 179 Å². The van der Waals surface area contributed by atoms with Crippen LogP contribution in [0, 0.1) is 10.1 Å². The summed E-state index contributed by atoms with van der Waals surface area (Å²) >= 11 is 0. The van der Waals surface area contributed by atoms with E-state index >= 15 is 0 Å². The molecule has 0 aromatic heterocycles. The fourth-order valence-corrected chi connectivity index (χ4v) is 2.74. The third kappa shape index (κ3) is 6.08. The largest absolute Gasteiger partial charge is 0.493 e. The Balaban J connectivity index is 2.09. The lowest BCUT2D eigenvalue weighted by Crippen LogP contribution is -2.29. The summed E-state index contributed by atoms with van der Waals surface area (Å²) in [4.78, 5) is 36.6. The molecule has 0 saturated carbocycles. The Morgan fingerprint density at radius 2 is 1.71 bits per heavy atom. The van der Waals surface area contributed by atoms with Crippen LogP contribution >= 0.6 is 0 Å². The van der Waals surface area contributed by atoms with Crippen molar-refractivity contribution in [1.29, 1.82) is 0 Å². The van der Waals surface area contributed by atoms with Crippen LogP contribution in [0.4, 0.5) is 5.69 Å². The minimum atomic E-state index is -0.510. The van der Waals surface area contributed by atoms with E-state index in [0.29, 0.717) is 11.3 Å². The van der Waals surface area contributed by atoms with E-state index in [1.54, 1.807) is 38.4 Å². The van der Waals surface area contributed by atoms with Crippen molar-refractivity contribution in [2.75, 3.05) is 41.5 Å². The summed E-state index contributed by atoms with van der Waals surface area (Å²) < 4.78 is 15.8. The van der Waals surface area contributed by atoms with Gasteiger partial charge in [0.15, 0.2) is 18.1 Å². The maximum atomic E-state index is 12.6. The van der Waals surface area contributed by atoms with Crippen molar-refractivity contribution in [3.05, 3.63) is 57.6 Å². The van der Waals surface area contributed by atoms with Gasteiger partial charge in [0.2, 0.25) is 0 Å². The number of nitro groups is 1. The van der Waals surface area contributed by atoms with E-state index < -0.39 is 10.8 Å². The Hall–Kier alpha value is -3.82. The molecular weight excluding hydrogens is 406 g/mol. The van der Waals surface area contributed by atoms with Crippen LogP contribution in [-0.4, -0.2) is 63.1 Å². The van der Waals surface area contributed by atoms with Gasteiger partial charge in [-0.3, -0.25) is 19.7 Å². The maximum Gasteiger partial charge on any atom is 0.276 e. The van der Waals surface area contributed by atoms with Crippen molar-refractivity contribution in [3.8, 4) is 17.2 Å². The van der Waals surface area contributed by atoms with E-state index in [4.69, 9.17) is 14.2 Å². The molecule has 0 fully saturated rings. The van der Waals surface area contributed by atoms with E-state index in [-0.39, 0.29) is 48.2 Å². The van der Waals surface area contributed by atoms with Crippen LogP contribution < -0.4 is 19.5 Å². The molecule has 10 heteroatoms. The van der Waals surface area contributed by atoms with Gasteiger partial charge in [-0.1, -0.05) is 12.1 Å². The molecule has 0 heterocycles. The normalized spacial score (nSPS) is 10.2. The summed E-state index contributed by atoms with van der Waals surface area (Å²) in [6.07, 6.45) is 0.199. The predicted octanol–water partition coefficient (Wildman–Crippen LogP) is 2.05. The highest BCUT2D eigenvalue weighted by Gasteiger charge is 2.20. The summed E-state index contributed by atoms with van der Waals surface area (Å²) in [5.41, 5.74) is 0.526. The summed E-state index contributed by atoms with van der Waals surface area (Å²) in [6, 6.07) is 9.35. The number of amides is 2. The number of carbonyl (C=O) groups is 2. The number of methoxy groups -OCH3 is 2. The van der Waals surface area contributed by atoms with Gasteiger partial charge in [0.25, 0.3) is 17.5 Å². The molecule has 0 aliphatic heterocycles. The first-order valence-electron chi connectivity index (χ1n) is 9.38. The molecule has 166 valence electrons. The number of para-hydroxylation sites is 1. The average molecular weight is 431 g/mol. The lowest BCUT2D eigenvalue weighted by Gasteiger charge is -2.14. The Morgan fingerprint density at radius 3 is 2.32 bits per heavy atom. The van der Waals surface area contributed by atoms with E-state index in [1.807, 2.05) is 0 Å². The van der Waals surface area contributed by atoms with Gasteiger partial charge in [0, 0.05) is 26.2 Å². The van der Waals surface area contributed by atoms with Crippen LogP contribution in [-0.2, 0) is 11.2 Å². The first-order chi connectivity index (χ1) is 14.8. The van der Waals surface area contributed by atoms with Crippen LogP contribution in [0.3, 0.4) is 0 Å². The first-order valence-corrected chi connectivity index (χ1v) is 9.38. The zero-order chi connectivity index (χ0) is 23.0. The second-order valence-corrected chi connectivity index (χ2v) is 6.67. The molecule has 31 heavy (non-hydrogen) atoms. The van der Waals surface area contributed by atoms with Crippen LogP contribution in [0.25, 0.3) is 0 Å². The molecule has 0 spiro atoms. The van der Waals surface area contributed by atoms with Gasteiger partial charge >= 0.3 is 0 Å². The topological polar surface area (TPSA) is 120 Å². The molecule has 0 unspecified atom stereocenters. The van der Waals surface area contributed by atoms with E-state index in [2.05, 4.69) is 5.32 Å². The molecule has 2 rings (SSSR count). The minimum Gasteiger partial charge on any atom is -0.493 e. The molecule has 0 radical (unpaired) electrons. The summed E-state index contributed by atoms with van der Waals surface area (Å²) in [5, 5.41) is 14.1. The van der Waals surface area contributed by atoms with E-state index in [9.17, 15) is 19.7 Å². The molecule has 2 amide bonds. The van der Waals surface area contributed by atoms with Crippen molar-refractivity contribution in [2.24, 2.45) is 0 Å². The number of nitrogens with one attached hydrogen (secondary N) is 1. The number of hydrogen-bond acceptors (Lipinski definition) is 7. The molecule has 0 bridgehead atoms. The number of nitro benzene ring substituents is 1. The Kier molecular flexibility index (Phi) is 8.18. The highest BCUT2D eigenvalue weighted by Crippen LogP contribution is 2.34. The van der Waals surface area contributed by atoms with Crippen LogP contribution in [0.15, 0.2) is 36.4 Å². The third-order valence-corrected chi connectivity index (χ3v) is 4.44. The summed E-state index contributed by atoms with van der Waals surface area (Å²) in [7, 11) is 6.05. The zero-order valence-corrected chi connectivity index (χ0v) is 17.8. The van der Waals surface area contributed by atoms with Crippen molar-refractivity contribution >= 4 is 17.5 Å². The SMILES string of the molecule is COc1cc(CCNC(=O)c2ccccc2OCC(=O)N(C)C)c([N+](=O)[O-])cc1OC. The van der Waals surface area contributed by atoms with Gasteiger partial charge in [-0.25, -0.2) is 0 Å². The zero-order valence-electron chi connectivity index (χ0n) is 17.8. The number of likely N-dealkylation sites (N-methyl/N-ethyl adjacent to an activating group) is 1. The summed E-state index contributed by atoms with van der Waals surface area (Å²) in [5.74, 6) is 0.221. The molecule has 10 nitrogen and oxygen atoms in total. The average Bonchev–Trinajstić information content (AvgIpc) is 2.76.